The fourth-order valence-corrected chi connectivity index (χ4v) is 6.88. The number of halogens is 1. The lowest BCUT2D eigenvalue weighted by Gasteiger charge is -2.49. The van der Waals surface area contributed by atoms with Gasteiger partial charge in [0, 0.05) is 17.4 Å². The molecule has 0 spiro atoms. The first-order chi connectivity index (χ1) is 19.9. The van der Waals surface area contributed by atoms with Crippen LogP contribution in [0.15, 0.2) is 34.8 Å². The zero-order chi connectivity index (χ0) is 30.5. The molecule has 42 heavy (non-hydrogen) atoms. The Balaban J connectivity index is 1.40. The van der Waals surface area contributed by atoms with Crippen molar-refractivity contribution in [1.82, 2.24) is 20.2 Å². The largest absolute Gasteiger partial charge is 0.478 e. The molecule has 5 heterocycles. The quantitative estimate of drug-likeness (QED) is 0.0828. The molecule has 1 unspecified atom stereocenters. The molecule has 15 nitrogen and oxygen atoms in total. The van der Waals surface area contributed by atoms with Crippen molar-refractivity contribution in [2.45, 2.75) is 37.9 Å². The lowest BCUT2D eigenvalue weighted by molar-refractivity contribution is -0.663. The number of pyridine rings is 1. The number of aromatic amines is 1. The molecule has 1 fully saturated rings. The van der Waals surface area contributed by atoms with Crippen LogP contribution in [0.25, 0.3) is 11.0 Å². The van der Waals surface area contributed by atoms with Gasteiger partial charge in [0.2, 0.25) is 11.6 Å². The van der Waals surface area contributed by atoms with Gasteiger partial charge in [-0.2, -0.15) is 4.57 Å². The number of thioether (sulfide) groups is 1. The Kier molecular flexibility index (Phi) is 7.74. The van der Waals surface area contributed by atoms with Crippen molar-refractivity contribution >= 4 is 86.1 Å². The smallest absolute Gasteiger partial charge is 0.352 e. The zero-order valence-corrected chi connectivity index (χ0v) is 24.3. The van der Waals surface area contributed by atoms with E-state index in [1.807, 2.05) is 17.6 Å². The number of carboxylic acid groups (broad SMARTS) is 2. The van der Waals surface area contributed by atoms with Crippen LogP contribution in [-0.2, 0) is 30.6 Å². The number of β-lactam (4-membered cyclic amide) rings is 1. The van der Waals surface area contributed by atoms with Crippen molar-refractivity contribution in [2.75, 3.05) is 17.2 Å². The Hall–Kier alpha value is -4.35. The number of rotatable bonds is 9. The highest BCUT2D eigenvalue weighted by molar-refractivity contribution is 8.00. The summed E-state index contributed by atoms with van der Waals surface area (Å²) in [5.74, 6) is -3.44. The van der Waals surface area contributed by atoms with Crippen LogP contribution < -0.4 is 21.4 Å². The van der Waals surface area contributed by atoms with Crippen molar-refractivity contribution in [3.8, 4) is 0 Å². The summed E-state index contributed by atoms with van der Waals surface area (Å²) in [6.07, 6.45) is 0.395. The van der Waals surface area contributed by atoms with Crippen LogP contribution in [0.2, 0.25) is 4.34 Å². The molecule has 0 aliphatic carbocycles. The van der Waals surface area contributed by atoms with Crippen LogP contribution >= 0.6 is 34.7 Å². The van der Waals surface area contributed by atoms with Crippen molar-refractivity contribution in [3.63, 3.8) is 0 Å². The normalized spacial score (nSPS) is 19.4. The number of anilines is 2. The molecule has 1 saturated heterocycles. The van der Waals surface area contributed by atoms with Crippen LogP contribution in [0.4, 0.5) is 10.9 Å². The summed E-state index contributed by atoms with van der Waals surface area (Å²) in [5.41, 5.74) is 13.8. The molecule has 5 rings (SSSR count). The first-order valence-electron chi connectivity index (χ1n) is 12.2. The van der Waals surface area contributed by atoms with Crippen molar-refractivity contribution in [3.05, 3.63) is 45.2 Å². The molecule has 3 aromatic rings. The van der Waals surface area contributed by atoms with E-state index in [2.05, 4.69) is 20.4 Å². The third kappa shape index (κ3) is 5.10. The number of nitrogens with zero attached hydrogens (tertiary/aromatic N) is 4. The maximum atomic E-state index is 13.3. The number of oxime groups is 1. The number of hydrogen-bond donors (Lipinski definition) is 6. The molecule has 0 aromatic carbocycles. The van der Waals surface area contributed by atoms with Gasteiger partial charge in [0.15, 0.2) is 23.6 Å². The molecule has 3 atom stereocenters. The number of amides is 2. The Bertz CT molecular complexity index is 1720. The minimum absolute atomic E-state index is 0.00532. The monoisotopic (exact) mass is 635 g/mol. The van der Waals surface area contributed by atoms with Crippen LogP contribution in [0.1, 0.15) is 18.2 Å². The fraction of sp³-hybridized carbons (Fsp3) is 0.292. The molecule has 0 radical (unpaired) electrons. The van der Waals surface area contributed by atoms with Crippen LogP contribution in [0, 0.1) is 6.92 Å². The second kappa shape index (κ2) is 11.1. The summed E-state index contributed by atoms with van der Waals surface area (Å²) in [6, 6.07) is 2.55. The number of H-pyrrole nitrogens is 1. The average Bonchev–Trinajstić information content (AvgIpc) is 3.43. The predicted molar refractivity (Wildman–Crippen MR) is 154 cm³/mol. The van der Waals surface area contributed by atoms with E-state index < -0.39 is 47.0 Å². The van der Waals surface area contributed by atoms with E-state index in [9.17, 15) is 24.3 Å². The number of hydrogen-bond acceptors (Lipinski definition) is 11. The number of aromatic nitrogens is 3. The molecule has 0 bridgehead atoms. The summed E-state index contributed by atoms with van der Waals surface area (Å²) in [7, 11) is 0. The Morgan fingerprint density at radius 2 is 2.12 bits per heavy atom. The van der Waals surface area contributed by atoms with Crippen molar-refractivity contribution < 1.29 is 38.8 Å². The van der Waals surface area contributed by atoms with Gasteiger partial charge < -0.3 is 36.8 Å². The minimum atomic E-state index is -1.41. The van der Waals surface area contributed by atoms with E-state index >= 15 is 0 Å². The van der Waals surface area contributed by atoms with Gasteiger partial charge in [-0.15, -0.1) is 11.8 Å². The number of carbonyl (C=O) groups is 4. The first kappa shape index (κ1) is 29.2. The third-order valence-corrected chi connectivity index (χ3v) is 9.11. The molecular weight excluding hydrogens is 612 g/mol. The zero-order valence-electron chi connectivity index (χ0n) is 22.0. The summed E-state index contributed by atoms with van der Waals surface area (Å²) >= 11 is 8.29. The number of nitrogens with one attached hydrogen (secondary N) is 2. The number of carboxylic acids is 2. The van der Waals surface area contributed by atoms with Gasteiger partial charge >= 0.3 is 11.9 Å². The van der Waals surface area contributed by atoms with Gasteiger partial charge in [-0.1, -0.05) is 28.1 Å². The van der Waals surface area contributed by atoms with Gasteiger partial charge in [0.05, 0.1) is 5.56 Å². The van der Waals surface area contributed by atoms with E-state index in [1.54, 1.807) is 12.3 Å². The number of aryl methyl sites for hydroxylation is 1. The Morgan fingerprint density at radius 3 is 2.76 bits per heavy atom. The fourth-order valence-electron chi connectivity index (χ4n) is 4.62. The molecule has 2 amide bonds. The number of carbonyl (C=O) groups excluding carboxylic acids is 2. The van der Waals surface area contributed by atoms with Crippen molar-refractivity contribution in [1.29, 1.82) is 0 Å². The summed E-state index contributed by atoms with van der Waals surface area (Å²) in [4.78, 5) is 63.2. The second-order valence-corrected chi connectivity index (χ2v) is 12.1. The highest BCUT2D eigenvalue weighted by Gasteiger charge is 2.55. The maximum Gasteiger partial charge on any atom is 0.352 e. The number of thiazole rings is 1. The summed E-state index contributed by atoms with van der Waals surface area (Å²) in [5, 5.41) is 24.7. The molecule has 0 saturated carbocycles. The van der Waals surface area contributed by atoms with Crippen molar-refractivity contribution in [2.24, 2.45) is 5.16 Å². The molecule has 18 heteroatoms. The van der Waals surface area contributed by atoms with Crippen LogP contribution in [-0.4, -0.2) is 77.8 Å². The summed E-state index contributed by atoms with van der Waals surface area (Å²) in [6.45, 7) is 3.25. The number of fused-ring (bicyclic) bond motifs is 2. The molecule has 2 aliphatic rings. The second-order valence-electron chi connectivity index (χ2n) is 9.38. The van der Waals surface area contributed by atoms with Gasteiger partial charge in [0.1, 0.15) is 38.5 Å². The highest BCUT2D eigenvalue weighted by atomic mass is 35.5. The SMILES string of the molecule is Cc1c(N)[nH]c2ccc[n+](CC3=C(C(=O)O)N4C(=O)[C@@H](NC(=O)/C(=N\O[C@@H](C)C(=O)O)c5nc(N)sc5Cl)C4SC3)c12. The number of aliphatic carboxylic acids is 2. The molecule has 220 valence electrons. The van der Waals surface area contributed by atoms with E-state index in [-0.39, 0.29) is 33.2 Å². The van der Waals surface area contributed by atoms with Gasteiger partial charge in [-0.25, -0.2) is 14.6 Å². The number of nitrogen functional groups attached to an aromatic ring is 2. The van der Waals surface area contributed by atoms with Gasteiger partial charge in [-0.05, 0) is 19.9 Å². The van der Waals surface area contributed by atoms with E-state index in [1.165, 1.54) is 18.7 Å². The maximum absolute atomic E-state index is 13.3. The molecular formula is C24H24ClN8O7S2+. The standard InChI is InChI=1S/C24H23ClN8O7S2/c1-8-15-11(28-18(8)26)4-3-5-32(15)6-10-7-41-21-14(20(35)33(21)16(10)23(38)39)29-19(34)13(31-40-9(2)22(36)37)12-17(25)42-24(27)30-12/h3-5,9,14,21H,6-7H2,1-2H3,(H7,26,27,28,29,30,34,36,37,38,39)/p+1/b31-13-/t9-,14+,21?/m0/s1. The van der Waals surface area contributed by atoms with E-state index in [0.29, 0.717) is 11.4 Å². The van der Waals surface area contributed by atoms with Gasteiger partial charge in [-0.3, -0.25) is 14.5 Å². The predicted octanol–water partition coefficient (Wildman–Crippen LogP) is 0.671. The minimum Gasteiger partial charge on any atom is -0.478 e. The number of nitrogens with two attached hydrogens (primary N) is 2. The van der Waals surface area contributed by atoms with Gasteiger partial charge in [0.25, 0.3) is 11.8 Å². The first-order valence-corrected chi connectivity index (χ1v) is 14.5. The topological polar surface area (TPSA) is 230 Å². The van der Waals surface area contributed by atoms with E-state index in [4.69, 9.17) is 33.0 Å². The Labute approximate surface area is 250 Å². The molecule has 8 N–H and O–H groups in total. The van der Waals surface area contributed by atoms with E-state index in [0.717, 1.165) is 32.8 Å². The highest BCUT2D eigenvalue weighted by Crippen LogP contribution is 2.40. The third-order valence-electron chi connectivity index (χ3n) is 6.69. The van der Waals surface area contributed by atoms with Crippen LogP contribution in [0.5, 0.6) is 0 Å². The Morgan fingerprint density at radius 1 is 1.38 bits per heavy atom. The lowest BCUT2D eigenvalue weighted by atomic mass is 10.0. The summed E-state index contributed by atoms with van der Waals surface area (Å²) < 4.78 is 1.86. The molecule has 3 aromatic heterocycles. The average molecular weight is 636 g/mol. The lowest BCUT2D eigenvalue weighted by Crippen LogP contribution is -2.71. The molecule has 2 aliphatic heterocycles. The van der Waals surface area contributed by atoms with Crippen LogP contribution in [0.3, 0.4) is 0 Å².